The number of thioether (sulfide) groups is 1. The molecule has 2 amide bonds. The van der Waals surface area contributed by atoms with Gasteiger partial charge in [-0.25, -0.2) is 0 Å². The van der Waals surface area contributed by atoms with E-state index in [2.05, 4.69) is 45.1 Å². The van der Waals surface area contributed by atoms with Gasteiger partial charge in [-0.15, -0.1) is 0 Å². The van der Waals surface area contributed by atoms with E-state index in [-0.39, 0.29) is 11.1 Å². The molecule has 7 heteroatoms. The Morgan fingerprint density at radius 2 is 2.17 bits per heavy atom. The summed E-state index contributed by atoms with van der Waals surface area (Å²) in [5, 5.41) is 1.98. The van der Waals surface area contributed by atoms with Crippen LogP contribution in [-0.2, 0) is 4.79 Å². The van der Waals surface area contributed by atoms with E-state index in [1.165, 1.54) is 0 Å². The van der Waals surface area contributed by atoms with Gasteiger partial charge >= 0.3 is 0 Å². The molecule has 0 bridgehead atoms. The van der Waals surface area contributed by atoms with Crippen molar-refractivity contribution in [2.24, 2.45) is 0 Å². The quantitative estimate of drug-likeness (QED) is 0.797. The highest BCUT2D eigenvalue weighted by atomic mass is 79.9. The first-order chi connectivity index (χ1) is 11.0. The fraction of sp³-hybridized carbons (Fsp3) is 0.375. The maximum Gasteiger partial charge on any atom is 0.290 e. The highest BCUT2D eigenvalue weighted by Crippen LogP contribution is 2.36. The van der Waals surface area contributed by atoms with Crippen molar-refractivity contribution >= 4 is 50.6 Å². The molecule has 5 nitrogen and oxygen atoms in total. The third-order valence-electron chi connectivity index (χ3n) is 4.16. The Bertz CT molecular complexity index is 690. The Morgan fingerprint density at radius 1 is 1.39 bits per heavy atom. The van der Waals surface area contributed by atoms with Crippen LogP contribution in [0.25, 0.3) is 6.08 Å². The molecule has 1 unspecified atom stereocenters. The van der Waals surface area contributed by atoms with Crippen LogP contribution in [-0.4, -0.2) is 49.3 Å². The fourth-order valence-corrected chi connectivity index (χ4v) is 4.22. The second kappa shape index (κ2) is 6.67. The topological polar surface area (TPSA) is 52.6 Å². The summed E-state index contributed by atoms with van der Waals surface area (Å²) in [6.45, 7) is 1.92. The summed E-state index contributed by atoms with van der Waals surface area (Å²) in [6.07, 6.45) is 2.91. The molecule has 23 heavy (non-hydrogen) atoms. The summed E-state index contributed by atoms with van der Waals surface area (Å²) in [5.74, 6) is -0.321. The van der Waals surface area contributed by atoms with E-state index >= 15 is 0 Å². The van der Waals surface area contributed by atoms with Crippen molar-refractivity contribution in [3.8, 4) is 0 Å². The van der Waals surface area contributed by atoms with Gasteiger partial charge in [0.05, 0.1) is 10.6 Å². The summed E-state index contributed by atoms with van der Waals surface area (Å²) in [5.41, 5.74) is 2.03. The van der Waals surface area contributed by atoms with Crippen LogP contribution in [0, 0.1) is 0 Å². The van der Waals surface area contributed by atoms with Crippen molar-refractivity contribution in [1.82, 2.24) is 10.2 Å². The molecule has 2 aliphatic heterocycles. The van der Waals surface area contributed by atoms with Gasteiger partial charge in [-0.05, 0) is 60.4 Å². The van der Waals surface area contributed by atoms with Crippen LogP contribution in [0.15, 0.2) is 27.6 Å². The lowest BCUT2D eigenvalue weighted by molar-refractivity contribution is -0.115. The molecule has 2 fully saturated rings. The molecular formula is C16H18BrN3O2S. The number of nitrogens with zero attached hydrogens (tertiary/aromatic N) is 2. The molecular weight excluding hydrogens is 378 g/mol. The van der Waals surface area contributed by atoms with Crippen molar-refractivity contribution in [2.75, 3.05) is 32.1 Å². The minimum atomic E-state index is -0.321. The first-order valence-corrected chi connectivity index (χ1v) is 9.01. The van der Waals surface area contributed by atoms with E-state index in [4.69, 9.17) is 0 Å². The van der Waals surface area contributed by atoms with Crippen LogP contribution in [0.3, 0.4) is 0 Å². The molecule has 2 heterocycles. The highest BCUT2D eigenvalue weighted by molar-refractivity contribution is 9.10. The highest BCUT2D eigenvalue weighted by Gasteiger charge is 2.28. The predicted molar refractivity (Wildman–Crippen MR) is 97.6 cm³/mol. The maximum atomic E-state index is 11.8. The number of benzene rings is 1. The number of halogens is 1. The number of nitrogens with one attached hydrogen (secondary N) is 1. The Morgan fingerprint density at radius 3 is 2.78 bits per heavy atom. The standard InChI is InChI=1S/C16H18BrN3O2S/c1-19(2)11-6-7-20(9-11)14-10(4-3-5-12(14)17)8-13-15(21)18-16(22)23-13/h3-5,8,11H,6-7,9H2,1-2H3,(H,18,21,22). The number of amides is 2. The average Bonchev–Trinajstić information content (AvgIpc) is 3.07. The smallest absolute Gasteiger partial charge is 0.290 e. The lowest BCUT2D eigenvalue weighted by Gasteiger charge is -2.24. The first-order valence-electron chi connectivity index (χ1n) is 7.40. The number of rotatable bonds is 3. The molecule has 1 atom stereocenters. The number of para-hydroxylation sites is 1. The van der Waals surface area contributed by atoms with Crippen LogP contribution >= 0.6 is 27.7 Å². The Labute approximate surface area is 148 Å². The molecule has 3 rings (SSSR count). The number of anilines is 1. The molecule has 0 radical (unpaired) electrons. The molecule has 1 N–H and O–H groups in total. The number of hydrogen-bond acceptors (Lipinski definition) is 5. The van der Waals surface area contributed by atoms with Crippen LogP contribution < -0.4 is 10.2 Å². The number of carbonyl (C=O) groups is 2. The molecule has 122 valence electrons. The number of likely N-dealkylation sites (N-methyl/N-ethyl adjacent to an activating group) is 1. The number of imide groups is 1. The van der Waals surface area contributed by atoms with Crippen LogP contribution in [0.4, 0.5) is 10.5 Å². The van der Waals surface area contributed by atoms with Gasteiger partial charge in [0.1, 0.15) is 0 Å². The average molecular weight is 396 g/mol. The molecule has 0 saturated carbocycles. The second-order valence-corrected chi connectivity index (χ2v) is 7.75. The third-order valence-corrected chi connectivity index (χ3v) is 5.61. The number of hydrogen-bond donors (Lipinski definition) is 1. The Hall–Kier alpha value is -1.31. The molecule has 0 spiro atoms. The van der Waals surface area contributed by atoms with Gasteiger partial charge < -0.3 is 9.80 Å². The van der Waals surface area contributed by atoms with Gasteiger partial charge in [0.2, 0.25) is 0 Å². The zero-order valence-electron chi connectivity index (χ0n) is 13.0. The van der Waals surface area contributed by atoms with Gasteiger partial charge in [-0.2, -0.15) is 0 Å². The van der Waals surface area contributed by atoms with Gasteiger partial charge in [-0.3, -0.25) is 14.9 Å². The molecule has 1 aromatic rings. The Balaban J connectivity index is 1.94. The predicted octanol–water partition coefficient (Wildman–Crippen LogP) is 2.91. The van der Waals surface area contributed by atoms with Crippen molar-refractivity contribution in [3.05, 3.63) is 33.1 Å². The summed E-state index contributed by atoms with van der Waals surface area (Å²) in [6, 6.07) is 6.45. The van der Waals surface area contributed by atoms with E-state index in [1.807, 2.05) is 18.2 Å². The van der Waals surface area contributed by atoms with Crippen LogP contribution in [0.1, 0.15) is 12.0 Å². The maximum absolute atomic E-state index is 11.8. The van der Waals surface area contributed by atoms with Gasteiger partial charge in [-0.1, -0.05) is 12.1 Å². The number of carbonyl (C=O) groups excluding carboxylic acids is 2. The fourth-order valence-electron chi connectivity index (χ4n) is 2.91. The largest absolute Gasteiger partial charge is 0.369 e. The molecule has 1 aromatic carbocycles. The summed E-state index contributed by atoms with van der Waals surface area (Å²) < 4.78 is 1.00. The van der Waals surface area contributed by atoms with Crippen molar-refractivity contribution in [2.45, 2.75) is 12.5 Å². The zero-order chi connectivity index (χ0) is 16.6. The summed E-state index contributed by atoms with van der Waals surface area (Å²) in [7, 11) is 4.20. The molecule has 2 saturated heterocycles. The summed E-state index contributed by atoms with van der Waals surface area (Å²) in [4.78, 5) is 28.2. The second-order valence-electron chi connectivity index (χ2n) is 5.88. The van der Waals surface area contributed by atoms with Crippen molar-refractivity contribution in [1.29, 1.82) is 0 Å². The normalized spacial score (nSPS) is 23.2. The third kappa shape index (κ3) is 3.46. The monoisotopic (exact) mass is 395 g/mol. The lowest BCUT2D eigenvalue weighted by Crippen LogP contribution is -2.31. The summed E-state index contributed by atoms with van der Waals surface area (Å²) >= 11 is 4.58. The molecule has 0 aromatic heterocycles. The Kier molecular flexibility index (Phi) is 4.79. The minimum absolute atomic E-state index is 0.313. The van der Waals surface area contributed by atoms with E-state index in [9.17, 15) is 9.59 Å². The van der Waals surface area contributed by atoms with Crippen molar-refractivity contribution < 1.29 is 9.59 Å². The molecule has 2 aliphatic rings. The first kappa shape index (κ1) is 16.5. The van der Waals surface area contributed by atoms with Crippen molar-refractivity contribution in [3.63, 3.8) is 0 Å². The van der Waals surface area contributed by atoms with E-state index in [0.717, 1.165) is 47.0 Å². The lowest BCUT2D eigenvalue weighted by atomic mass is 10.1. The van der Waals surface area contributed by atoms with E-state index < -0.39 is 0 Å². The van der Waals surface area contributed by atoms with Crippen LogP contribution in [0.2, 0.25) is 0 Å². The minimum Gasteiger partial charge on any atom is -0.369 e. The van der Waals surface area contributed by atoms with Gasteiger partial charge in [0.15, 0.2) is 0 Å². The van der Waals surface area contributed by atoms with Gasteiger partial charge in [0.25, 0.3) is 11.1 Å². The van der Waals surface area contributed by atoms with E-state index in [0.29, 0.717) is 10.9 Å². The molecule has 0 aliphatic carbocycles. The SMILES string of the molecule is CN(C)C1CCN(c2c(Br)cccc2C=C2SC(=O)NC2=O)C1. The van der Waals surface area contributed by atoms with Crippen LogP contribution in [0.5, 0.6) is 0 Å². The van der Waals surface area contributed by atoms with Gasteiger partial charge in [0, 0.05) is 29.2 Å². The zero-order valence-corrected chi connectivity index (χ0v) is 15.4. The van der Waals surface area contributed by atoms with E-state index in [1.54, 1.807) is 6.08 Å².